The molecule has 6 nitrogen and oxygen atoms in total. The van der Waals surface area contributed by atoms with E-state index in [0.29, 0.717) is 32.0 Å². The van der Waals surface area contributed by atoms with Crippen molar-refractivity contribution in [1.82, 2.24) is 10.2 Å². The Labute approximate surface area is 114 Å². The molecule has 110 valence electrons. The van der Waals surface area contributed by atoms with Gasteiger partial charge >= 0.3 is 0 Å². The number of carbonyl (C=O) groups excluding carboxylic acids is 2. The summed E-state index contributed by atoms with van der Waals surface area (Å²) >= 11 is 0. The van der Waals surface area contributed by atoms with E-state index >= 15 is 0 Å². The van der Waals surface area contributed by atoms with Crippen LogP contribution in [0, 0.1) is 5.92 Å². The normalized spacial score (nSPS) is 21.3. The number of rotatable bonds is 5. The predicted octanol–water partition coefficient (Wildman–Crippen LogP) is -0.277. The molecule has 3 N–H and O–H groups in total. The topological polar surface area (TPSA) is 84.7 Å². The quantitative estimate of drug-likeness (QED) is 0.720. The van der Waals surface area contributed by atoms with Crippen molar-refractivity contribution in [2.75, 3.05) is 26.3 Å². The number of hydrogen-bond donors (Lipinski definition) is 2. The van der Waals surface area contributed by atoms with Crippen molar-refractivity contribution in [3.05, 3.63) is 0 Å². The van der Waals surface area contributed by atoms with Crippen LogP contribution in [0.4, 0.5) is 0 Å². The Morgan fingerprint density at radius 3 is 2.74 bits per heavy atom. The molecule has 19 heavy (non-hydrogen) atoms. The molecular weight excluding hydrogens is 246 g/mol. The van der Waals surface area contributed by atoms with Crippen molar-refractivity contribution < 1.29 is 14.3 Å². The van der Waals surface area contributed by atoms with E-state index in [1.54, 1.807) is 4.90 Å². The van der Waals surface area contributed by atoms with Gasteiger partial charge in [-0.05, 0) is 19.3 Å². The standard InChI is InChI=1S/C13H25N3O3/c1-4-15-12(17)11-8-19-6-5-16(11)13(18)10(14)7-9(2)3/h9-11H,4-8,14H2,1-3H3,(H,15,17). The first kappa shape index (κ1) is 15.9. The van der Waals surface area contributed by atoms with E-state index in [4.69, 9.17) is 10.5 Å². The fraction of sp³-hybridized carbons (Fsp3) is 0.846. The predicted molar refractivity (Wildman–Crippen MR) is 72.4 cm³/mol. The summed E-state index contributed by atoms with van der Waals surface area (Å²) in [5.41, 5.74) is 5.92. The van der Waals surface area contributed by atoms with Gasteiger partial charge in [0.25, 0.3) is 0 Å². The molecule has 1 aliphatic rings. The SMILES string of the molecule is CCNC(=O)C1COCCN1C(=O)C(N)CC(C)C. The zero-order chi connectivity index (χ0) is 14.4. The molecule has 0 radical (unpaired) electrons. The Balaban J connectivity index is 2.70. The zero-order valence-electron chi connectivity index (χ0n) is 12.0. The number of nitrogens with one attached hydrogen (secondary N) is 1. The van der Waals surface area contributed by atoms with E-state index in [1.165, 1.54) is 0 Å². The molecule has 1 aliphatic heterocycles. The summed E-state index contributed by atoms with van der Waals surface area (Å²) in [6.07, 6.45) is 0.623. The highest BCUT2D eigenvalue weighted by molar-refractivity contribution is 5.90. The van der Waals surface area contributed by atoms with E-state index in [-0.39, 0.29) is 18.4 Å². The molecule has 1 fully saturated rings. The Hall–Kier alpha value is -1.14. The van der Waals surface area contributed by atoms with Crippen LogP contribution in [-0.2, 0) is 14.3 Å². The van der Waals surface area contributed by atoms with Gasteiger partial charge in [0.1, 0.15) is 6.04 Å². The average Bonchev–Trinajstić information content (AvgIpc) is 2.37. The minimum Gasteiger partial charge on any atom is -0.377 e. The van der Waals surface area contributed by atoms with Crippen LogP contribution in [0.15, 0.2) is 0 Å². The fourth-order valence-corrected chi connectivity index (χ4v) is 2.20. The highest BCUT2D eigenvalue weighted by Crippen LogP contribution is 2.12. The van der Waals surface area contributed by atoms with Gasteiger partial charge in [-0.2, -0.15) is 0 Å². The van der Waals surface area contributed by atoms with Crippen LogP contribution in [0.1, 0.15) is 27.2 Å². The lowest BCUT2D eigenvalue weighted by Crippen LogP contribution is -2.59. The summed E-state index contributed by atoms with van der Waals surface area (Å²) < 4.78 is 5.30. The van der Waals surface area contributed by atoms with Gasteiger partial charge in [-0.15, -0.1) is 0 Å². The summed E-state index contributed by atoms with van der Waals surface area (Å²) in [6.45, 7) is 7.55. The highest BCUT2D eigenvalue weighted by Gasteiger charge is 2.34. The van der Waals surface area contributed by atoms with Crippen LogP contribution in [-0.4, -0.2) is 55.1 Å². The minimum atomic E-state index is -0.556. The molecule has 2 atom stereocenters. The van der Waals surface area contributed by atoms with Crippen LogP contribution in [0.3, 0.4) is 0 Å². The number of carbonyl (C=O) groups is 2. The van der Waals surface area contributed by atoms with Crippen molar-refractivity contribution in [3.63, 3.8) is 0 Å². The Morgan fingerprint density at radius 1 is 1.47 bits per heavy atom. The lowest BCUT2D eigenvalue weighted by atomic mass is 10.0. The largest absolute Gasteiger partial charge is 0.377 e. The summed E-state index contributed by atoms with van der Waals surface area (Å²) in [6, 6.07) is -1.10. The van der Waals surface area contributed by atoms with Crippen LogP contribution in [0.25, 0.3) is 0 Å². The van der Waals surface area contributed by atoms with Gasteiger partial charge in [-0.3, -0.25) is 9.59 Å². The second-order valence-corrected chi connectivity index (χ2v) is 5.25. The third kappa shape index (κ3) is 4.47. The number of ether oxygens (including phenoxy) is 1. The molecule has 1 rings (SSSR count). The summed E-state index contributed by atoms with van der Waals surface area (Å²) in [5, 5.41) is 2.73. The number of amides is 2. The Kier molecular flexibility index (Phi) is 6.24. The van der Waals surface area contributed by atoms with Gasteiger partial charge < -0.3 is 20.7 Å². The second kappa shape index (κ2) is 7.45. The number of nitrogens with two attached hydrogens (primary N) is 1. The molecule has 0 aromatic carbocycles. The smallest absolute Gasteiger partial charge is 0.245 e. The molecule has 0 saturated carbocycles. The highest BCUT2D eigenvalue weighted by atomic mass is 16.5. The molecule has 0 spiro atoms. The maximum atomic E-state index is 12.3. The summed E-state index contributed by atoms with van der Waals surface area (Å²) in [5.74, 6) is 0.0171. The molecule has 1 saturated heterocycles. The molecular formula is C13H25N3O3. The number of likely N-dealkylation sites (N-methyl/N-ethyl adjacent to an activating group) is 1. The molecule has 0 bridgehead atoms. The zero-order valence-corrected chi connectivity index (χ0v) is 12.0. The van der Waals surface area contributed by atoms with Gasteiger partial charge in [0.15, 0.2) is 0 Å². The number of nitrogens with zero attached hydrogens (tertiary/aromatic N) is 1. The van der Waals surface area contributed by atoms with Gasteiger partial charge in [0.05, 0.1) is 19.3 Å². The first-order valence-corrected chi connectivity index (χ1v) is 6.88. The van der Waals surface area contributed by atoms with Crippen molar-refractivity contribution >= 4 is 11.8 Å². The first-order valence-electron chi connectivity index (χ1n) is 6.88. The number of hydrogen-bond acceptors (Lipinski definition) is 4. The fourth-order valence-electron chi connectivity index (χ4n) is 2.20. The second-order valence-electron chi connectivity index (χ2n) is 5.25. The van der Waals surface area contributed by atoms with E-state index in [0.717, 1.165) is 0 Å². The maximum Gasteiger partial charge on any atom is 0.245 e. The van der Waals surface area contributed by atoms with Gasteiger partial charge in [0.2, 0.25) is 11.8 Å². The molecule has 0 aliphatic carbocycles. The van der Waals surface area contributed by atoms with Gasteiger partial charge in [-0.1, -0.05) is 13.8 Å². The van der Waals surface area contributed by atoms with E-state index in [2.05, 4.69) is 5.32 Å². The molecule has 2 unspecified atom stereocenters. The molecule has 0 aromatic heterocycles. The van der Waals surface area contributed by atoms with Crippen molar-refractivity contribution in [2.45, 2.75) is 39.3 Å². The first-order chi connectivity index (χ1) is 8.97. The van der Waals surface area contributed by atoms with Crippen molar-refractivity contribution in [2.24, 2.45) is 11.7 Å². The van der Waals surface area contributed by atoms with Crippen molar-refractivity contribution in [1.29, 1.82) is 0 Å². The lowest BCUT2D eigenvalue weighted by molar-refractivity contribution is -0.149. The minimum absolute atomic E-state index is 0.159. The summed E-state index contributed by atoms with van der Waals surface area (Å²) in [7, 11) is 0. The Bertz CT molecular complexity index is 320. The van der Waals surface area contributed by atoms with E-state index in [9.17, 15) is 9.59 Å². The Morgan fingerprint density at radius 2 is 2.16 bits per heavy atom. The molecule has 6 heteroatoms. The van der Waals surface area contributed by atoms with Crippen molar-refractivity contribution in [3.8, 4) is 0 Å². The van der Waals surface area contributed by atoms with Crippen LogP contribution < -0.4 is 11.1 Å². The maximum absolute atomic E-state index is 12.3. The monoisotopic (exact) mass is 271 g/mol. The summed E-state index contributed by atoms with van der Waals surface area (Å²) in [4.78, 5) is 25.8. The van der Waals surface area contributed by atoms with E-state index < -0.39 is 12.1 Å². The van der Waals surface area contributed by atoms with Gasteiger partial charge in [0, 0.05) is 13.1 Å². The average molecular weight is 271 g/mol. The lowest BCUT2D eigenvalue weighted by Gasteiger charge is -2.36. The molecule has 0 aromatic rings. The van der Waals surface area contributed by atoms with Crippen LogP contribution in [0.5, 0.6) is 0 Å². The number of morpholine rings is 1. The third-order valence-corrected chi connectivity index (χ3v) is 3.11. The van der Waals surface area contributed by atoms with Crippen LogP contribution in [0.2, 0.25) is 0 Å². The molecule has 2 amide bonds. The van der Waals surface area contributed by atoms with Gasteiger partial charge in [-0.25, -0.2) is 0 Å². The van der Waals surface area contributed by atoms with Crippen LogP contribution >= 0.6 is 0 Å². The van der Waals surface area contributed by atoms with E-state index in [1.807, 2.05) is 20.8 Å². The molecule has 1 heterocycles. The third-order valence-electron chi connectivity index (χ3n) is 3.11.